The number of hydrogen-bond acceptors (Lipinski definition) is 3. The first-order valence-corrected chi connectivity index (χ1v) is 4.62. The van der Waals surface area contributed by atoms with Gasteiger partial charge in [-0.2, -0.15) is 5.26 Å². The highest BCUT2D eigenvalue weighted by Crippen LogP contribution is 2.35. The summed E-state index contributed by atoms with van der Waals surface area (Å²) in [4.78, 5) is 0. The fourth-order valence-corrected chi connectivity index (χ4v) is 1.49. The van der Waals surface area contributed by atoms with Crippen LogP contribution in [0.1, 0.15) is 12.5 Å². The van der Waals surface area contributed by atoms with E-state index in [1.807, 2.05) is 24.3 Å². The molecule has 0 saturated carbocycles. The topological polar surface area (TPSA) is 42.2 Å². The SMILES string of the molecule is CC(C#N)Oc1cccc2c1OCC2. The van der Waals surface area contributed by atoms with Gasteiger partial charge in [0.25, 0.3) is 0 Å². The third-order valence-corrected chi connectivity index (χ3v) is 2.16. The van der Waals surface area contributed by atoms with E-state index in [9.17, 15) is 0 Å². The van der Waals surface area contributed by atoms with Crippen molar-refractivity contribution in [1.29, 1.82) is 5.26 Å². The van der Waals surface area contributed by atoms with Gasteiger partial charge in [0.2, 0.25) is 0 Å². The van der Waals surface area contributed by atoms with E-state index >= 15 is 0 Å². The number of nitriles is 1. The van der Waals surface area contributed by atoms with Crippen molar-refractivity contribution in [3.63, 3.8) is 0 Å². The van der Waals surface area contributed by atoms with Gasteiger partial charge in [-0.05, 0) is 13.0 Å². The van der Waals surface area contributed by atoms with Crippen LogP contribution in [0.3, 0.4) is 0 Å². The second kappa shape index (κ2) is 3.59. The van der Waals surface area contributed by atoms with Gasteiger partial charge in [-0.15, -0.1) is 0 Å². The zero-order chi connectivity index (χ0) is 9.97. The van der Waals surface area contributed by atoms with Crippen LogP contribution < -0.4 is 9.47 Å². The summed E-state index contributed by atoms with van der Waals surface area (Å²) in [5.41, 5.74) is 1.16. The van der Waals surface area contributed by atoms with E-state index in [0.717, 1.165) is 17.7 Å². The van der Waals surface area contributed by atoms with Gasteiger partial charge in [-0.25, -0.2) is 0 Å². The highest BCUT2D eigenvalue weighted by molar-refractivity contribution is 5.48. The number of nitrogens with zero attached hydrogens (tertiary/aromatic N) is 1. The molecule has 0 spiro atoms. The lowest BCUT2D eigenvalue weighted by atomic mass is 10.1. The minimum absolute atomic E-state index is 0.439. The van der Waals surface area contributed by atoms with Gasteiger partial charge >= 0.3 is 0 Å². The average Bonchev–Trinajstić information content (AvgIpc) is 2.66. The first-order chi connectivity index (χ1) is 6.81. The molecule has 1 atom stereocenters. The summed E-state index contributed by atoms with van der Waals surface area (Å²) in [5.74, 6) is 1.48. The van der Waals surface area contributed by atoms with E-state index in [1.165, 1.54) is 0 Å². The number of para-hydroxylation sites is 1. The molecule has 0 fully saturated rings. The average molecular weight is 189 g/mol. The molecule has 0 N–H and O–H groups in total. The Balaban J connectivity index is 2.27. The molecular formula is C11H11NO2. The van der Waals surface area contributed by atoms with Crippen LogP contribution in [0.2, 0.25) is 0 Å². The molecule has 3 nitrogen and oxygen atoms in total. The van der Waals surface area contributed by atoms with Gasteiger partial charge in [0.15, 0.2) is 17.6 Å². The van der Waals surface area contributed by atoms with Gasteiger partial charge in [0.05, 0.1) is 6.61 Å². The Bertz CT molecular complexity index is 381. The van der Waals surface area contributed by atoms with Crippen LogP contribution in [-0.4, -0.2) is 12.7 Å². The number of fused-ring (bicyclic) bond motifs is 1. The Morgan fingerprint density at radius 1 is 1.57 bits per heavy atom. The lowest BCUT2D eigenvalue weighted by Gasteiger charge is -2.10. The van der Waals surface area contributed by atoms with Crippen molar-refractivity contribution in [2.75, 3.05) is 6.61 Å². The van der Waals surface area contributed by atoms with Crippen molar-refractivity contribution >= 4 is 0 Å². The molecule has 14 heavy (non-hydrogen) atoms. The van der Waals surface area contributed by atoms with Gasteiger partial charge < -0.3 is 9.47 Å². The van der Waals surface area contributed by atoms with E-state index in [0.29, 0.717) is 12.4 Å². The third-order valence-electron chi connectivity index (χ3n) is 2.16. The fraction of sp³-hybridized carbons (Fsp3) is 0.364. The predicted octanol–water partition coefficient (Wildman–Crippen LogP) is 1.91. The van der Waals surface area contributed by atoms with E-state index < -0.39 is 6.10 Å². The van der Waals surface area contributed by atoms with Crippen LogP contribution in [0.25, 0.3) is 0 Å². The largest absolute Gasteiger partial charge is 0.489 e. The third kappa shape index (κ3) is 1.51. The van der Waals surface area contributed by atoms with Crippen LogP contribution in [0.4, 0.5) is 0 Å². The number of hydrogen-bond donors (Lipinski definition) is 0. The lowest BCUT2D eigenvalue weighted by molar-refractivity contribution is 0.255. The van der Waals surface area contributed by atoms with E-state index in [2.05, 4.69) is 0 Å². The molecule has 1 unspecified atom stereocenters. The zero-order valence-electron chi connectivity index (χ0n) is 7.99. The molecule has 2 rings (SSSR count). The molecule has 1 aliphatic heterocycles. The first kappa shape index (κ1) is 8.89. The maximum Gasteiger partial charge on any atom is 0.181 e. The highest BCUT2D eigenvalue weighted by atomic mass is 16.5. The molecule has 0 amide bonds. The summed E-state index contributed by atoms with van der Waals surface area (Å²) in [7, 11) is 0. The van der Waals surface area contributed by atoms with Crippen molar-refractivity contribution in [1.82, 2.24) is 0 Å². The molecule has 72 valence electrons. The van der Waals surface area contributed by atoms with Crippen molar-refractivity contribution in [3.05, 3.63) is 23.8 Å². The van der Waals surface area contributed by atoms with Crippen molar-refractivity contribution in [2.45, 2.75) is 19.4 Å². The lowest BCUT2D eigenvalue weighted by Crippen LogP contribution is -2.08. The standard InChI is InChI=1S/C11H11NO2/c1-8(7-12)14-10-4-2-3-9-5-6-13-11(9)10/h2-4,8H,5-6H2,1H3. The van der Waals surface area contributed by atoms with Crippen LogP contribution in [0.15, 0.2) is 18.2 Å². The van der Waals surface area contributed by atoms with E-state index in [-0.39, 0.29) is 0 Å². The predicted molar refractivity (Wildman–Crippen MR) is 51.3 cm³/mol. The maximum absolute atomic E-state index is 8.63. The molecule has 3 heteroatoms. The molecule has 0 saturated heterocycles. The summed E-state index contributed by atoms with van der Waals surface area (Å²) >= 11 is 0. The molecule has 1 aliphatic rings. The van der Waals surface area contributed by atoms with E-state index in [4.69, 9.17) is 14.7 Å². The quantitative estimate of drug-likeness (QED) is 0.713. The van der Waals surface area contributed by atoms with Crippen LogP contribution in [0.5, 0.6) is 11.5 Å². The van der Waals surface area contributed by atoms with Crippen LogP contribution in [0, 0.1) is 11.3 Å². The molecule has 1 heterocycles. The Labute approximate surface area is 82.9 Å². The first-order valence-electron chi connectivity index (χ1n) is 4.62. The van der Waals surface area contributed by atoms with Gasteiger partial charge in [0.1, 0.15) is 6.07 Å². The summed E-state index contributed by atoms with van der Waals surface area (Å²) in [6, 6.07) is 7.80. The highest BCUT2D eigenvalue weighted by Gasteiger charge is 2.17. The minimum atomic E-state index is -0.439. The summed E-state index contributed by atoms with van der Waals surface area (Å²) in [5, 5.41) is 8.63. The Kier molecular flexibility index (Phi) is 2.28. The molecule has 1 aromatic rings. The van der Waals surface area contributed by atoms with Gasteiger partial charge in [0, 0.05) is 12.0 Å². The molecule has 0 radical (unpaired) electrons. The van der Waals surface area contributed by atoms with Crippen LogP contribution in [-0.2, 0) is 6.42 Å². The molecule has 1 aromatic carbocycles. The second-order valence-electron chi connectivity index (χ2n) is 3.23. The van der Waals surface area contributed by atoms with Crippen molar-refractivity contribution < 1.29 is 9.47 Å². The summed E-state index contributed by atoms with van der Waals surface area (Å²) < 4.78 is 10.9. The van der Waals surface area contributed by atoms with Gasteiger partial charge in [-0.1, -0.05) is 12.1 Å². The Morgan fingerprint density at radius 2 is 2.43 bits per heavy atom. The monoisotopic (exact) mass is 189 g/mol. The normalized spacial score (nSPS) is 15.1. The smallest absolute Gasteiger partial charge is 0.181 e. The summed E-state index contributed by atoms with van der Waals surface area (Å²) in [6.45, 7) is 2.42. The Morgan fingerprint density at radius 3 is 3.21 bits per heavy atom. The summed E-state index contributed by atoms with van der Waals surface area (Å²) in [6.07, 6.45) is 0.485. The maximum atomic E-state index is 8.63. The molecule has 0 aromatic heterocycles. The Hall–Kier alpha value is -1.69. The minimum Gasteiger partial charge on any atom is -0.489 e. The number of rotatable bonds is 2. The number of benzene rings is 1. The molecule has 0 aliphatic carbocycles. The second-order valence-corrected chi connectivity index (χ2v) is 3.23. The molecular weight excluding hydrogens is 178 g/mol. The van der Waals surface area contributed by atoms with Crippen molar-refractivity contribution in [3.8, 4) is 17.6 Å². The van der Waals surface area contributed by atoms with Gasteiger partial charge in [-0.3, -0.25) is 0 Å². The van der Waals surface area contributed by atoms with Crippen molar-refractivity contribution in [2.24, 2.45) is 0 Å². The fourth-order valence-electron chi connectivity index (χ4n) is 1.49. The zero-order valence-corrected chi connectivity index (χ0v) is 7.99. The van der Waals surface area contributed by atoms with Crippen LogP contribution >= 0.6 is 0 Å². The van der Waals surface area contributed by atoms with E-state index in [1.54, 1.807) is 6.92 Å². The number of ether oxygens (including phenoxy) is 2. The molecule has 0 bridgehead atoms.